The minimum absolute atomic E-state index is 0.0758. The quantitative estimate of drug-likeness (QED) is 0.757. The molecule has 0 amide bonds. The number of hydrogen-bond donors (Lipinski definition) is 2. The van der Waals surface area contributed by atoms with E-state index >= 15 is 0 Å². The monoisotopic (exact) mass is 303 g/mol. The number of halogens is 1. The summed E-state index contributed by atoms with van der Waals surface area (Å²) in [7, 11) is -3.03. The molecule has 0 aliphatic rings. The second-order valence-electron chi connectivity index (χ2n) is 4.99. The number of benzene rings is 1. The van der Waals surface area contributed by atoms with E-state index < -0.39 is 15.3 Å². The predicted molar refractivity (Wildman–Crippen MR) is 77.8 cm³/mol. The number of rotatable bonds is 8. The molecule has 4 nitrogen and oxygen atoms in total. The fraction of sp³-hybridized carbons (Fsp3) is 0.571. The van der Waals surface area contributed by atoms with Gasteiger partial charge in [-0.2, -0.15) is 0 Å². The molecule has 0 heterocycles. The Hall–Kier alpha value is -0.980. The van der Waals surface area contributed by atoms with Crippen molar-refractivity contribution in [2.24, 2.45) is 5.73 Å². The van der Waals surface area contributed by atoms with Crippen LogP contribution in [-0.4, -0.2) is 38.2 Å². The fourth-order valence-corrected chi connectivity index (χ4v) is 3.05. The third-order valence-electron chi connectivity index (χ3n) is 3.70. The highest BCUT2D eigenvalue weighted by molar-refractivity contribution is 7.91. The molecule has 0 aliphatic heterocycles. The molecule has 0 saturated carbocycles. The van der Waals surface area contributed by atoms with Gasteiger partial charge in [-0.25, -0.2) is 12.8 Å². The van der Waals surface area contributed by atoms with Crippen molar-refractivity contribution in [3.8, 4) is 0 Å². The molecule has 0 aromatic heterocycles. The molecule has 3 N–H and O–H groups in total. The molecule has 0 spiro atoms. The zero-order valence-electron chi connectivity index (χ0n) is 11.7. The lowest BCUT2D eigenvalue weighted by Gasteiger charge is -2.31. The van der Waals surface area contributed by atoms with Crippen molar-refractivity contribution in [3.05, 3.63) is 35.6 Å². The van der Waals surface area contributed by atoms with E-state index in [2.05, 4.69) is 0 Å². The van der Waals surface area contributed by atoms with Gasteiger partial charge in [0, 0.05) is 17.7 Å². The first kappa shape index (κ1) is 17.1. The van der Waals surface area contributed by atoms with Gasteiger partial charge in [0.05, 0.1) is 12.4 Å². The van der Waals surface area contributed by atoms with E-state index in [1.807, 2.05) is 0 Å². The fourth-order valence-electron chi connectivity index (χ4n) is 2.18. The van der Waals surface area contributed by atoms with Crippen LogP contribution in [0.2, 0.25) is 0 Å². The van der Waals surface area contributed by atoms with Gasteiger partial charge >= 0.3 is 0 Å². The first-order valence-corrected chi connectivity index (χ1v) is 8.48. The van der Waals surface area contributed by atoms with Crippen LogP contribution in [0.3, 0.4) is 0 Å². The first-order valence-electron chi connectivity index (χ1n) is 6.66. The van der Waals surface area contributed by atoms with Crippen molar-refractivity contribution in [3.63, 3.8) is 0 Å². The normalized spacial score (nSPS) is 15.0. The van der Waals surface area contributed by atoms with E-state index in [0.717, 1.165) is 5.56 Å². The maximum Gasteiger partial charge on any atom is 0.150 e. The Morgan fingerprint density at radius 1 is 1.30 bits per heavy atom. The Kier molecular flexibility index (Phi) is 6.10. The van der Waals surface area contributed by atoms with E-state index in [-0.39, 0.29) is 30.5 Å². The molecule has 6 heteroatoms. The largest absolute Gasteiger partial charge is 0.395 e. The first-order chi connectivity index (χ1) is 9.39. The Morgan fingerprint density at radius 3 is 2.35 bits per heavy atom. The average molecular weight is 303 g/mol. The lowest BCUT2D eigenvalue weighted by atomic mass is 9.77. The van der Waals surface area contributed by atoms with Crippen LogP contribution in [0.4, 0.5) is 4.39 Å². The molecule has 0 radical (unpaired) electrons. The van der Waals surface area contributed by atoms with Crippen molar-refractivity contribution in [1.29, 1.82) is 0 Å². The zero-order valence-corrected chi connectivity index (χ0v) is 12.5. The maximum atomic E-state index is 13.0. The molecule has 1 aromatic carbocycles. The number of nitrogens with two attached hydrogens (primary N) is 1. The molecular weight excluding hydrogens is 281 g/mol. The van der Waals surface area contributed by atoms with E-state index in [9.17, 15) is 17.9 Å². The summed E-state index contributed by atoms with van der Waals surface area (Å²) in [5.74, 6) is -0.170. The van der Waals surface area contributed by atoms with Crippen LogP contribution >= 0.6 is 0 Å². The van der Waals surface area contributed by atoms with Crippen LogP contribution in [0, 0.1) is 5.82 Å². The topological polar surface area (TPSA) is 80.4 Å². The average Bonchev–Trinajstić information content (AvgIpc) is 2.45. The van der Waals surface area contributed by atoms with Crippen molar-refractivity contribution in [2.75, 3.05) is 24.7 Å². The molecule has 1 aromatic rings. The molecule has 1 unspecified atom stereocenters. The van der Waals surface area contributed by atoms with Crippen LogP contribution < -0.4 is 5.73 Å². The molecule has 0 aliphatic carbocycles. The minimum Gasteiger partial charge on any atom is -0.395 e. The highest BCUT2D eigenvalue weighted by Gasteiger charge is 2.30. The van der Waals surface area contributed by atoms with Crippen molar-refractivity contribution in [2.45, 2.75) is 25.2 Å². The summed E-state index contributed by atoms with van der Waals surface area (Å²) in [6, 6.07) is 5.82. The number of aliphatic hydroxyl groups is 1. The van der Waals surface area contributed by atoms with Gasteiger partial charge in [0.15, 0.2) is 0 Å². The van der Waals surface area contributed by atoms with Crippen molar-refractivity contribution in [1.82, 2.24) is 0 Å². The van der Waals surface area contributed by atoms with Gasteiger partial charge in [-0.3, -0.25) is 0 Å². The van der Waals surface area contributed by atoms with Crippen molar-refractivity contribution >= 4 is 9.84 Å². The number of sulfone groups is 1. The van der Waals surface area contributed by atoms with E-state index in [0.29, 0.717) is 12.8 Å². The number of hydrogen-bond acceptors (Lipinski definition) is 4. The molecular formula is C14H22FNO3S. The summed E-state index contributed by atoms with van der Waals surface area (Å²) in [4.78, 5) is 0. The van der Waals surface area contributed by atoms with Crippen LogP contribution in [0.1, 0.15) is 25.3 Å². The van der Waals surface area contributed by atoms with Crippen LogP contribution in [0.15, 0.2) is 24.3 Å². The van der Waals surface area contributed by atoms with Crippen molar-refractivity contribution < 1.29 is 17.9 Å². The van der Waals surface area contributed by atoms with Gasteiger partial charge in [-0.1, -0.05) is 19.1 Å². The SMILES string of the molecule is CCS(=O)(=O)CCCC(CN)(CO)c1ccc(F)cc1. The maximum absolute atomic E-state index is 13.0. The molecule has 1 rings (SSSR count). The van der Waals surface area contributed by atoms with E-state index in [1.165, 1.54) is 12.1 Å². The summed E-state index contributed by atoms with van der Waals surface area (Å²) < 4.78 is 36.0. The van der Waals surface area contributed by atoms with Crippen LogP contribution in [-0.2, 0) is 15.3 Å². The Bertz CT molecular complexity index is 510. The molecule has 0 saturated heterocycles. The molecule has 0 bridgehead atoms. The second-order valence-corrected chi connectivity index (χ2v) is 7.46. The van der Waals surface area contributed by atoms with Gasteiger partial charge in [0.2, 0.25) is 0 Å². The Balaban J connectivity index is 2.84. The molecule has 0 fully saturated rings. The highest BCUT2D eigenvalue weighted by atomic mass is 32.2. The third kappa shape index (κ3) is 4.26. The van der Waals surface area contributed by atoms with Gasteiger partial charge in [-0.15, -0.1) is 0 Å². The summed E-state index contributed by atoms with van der Waals surface area (Å²) >= 11 is 0. The Labute approximate surface area is 119 Å². The highest BCUT2D eigenvalue weighted by Crippen LogP contribution is 2.28. The predicted octanol–water partition coefficient (Wildman–Crippen LogP) is 1.23. The minimum atomic E-state index is -3.03. The lowest BCUT2D eigenvalue weighted by Crippen LogP contribution is -2.39. The third-order valence-corrected chi connectivity index (χ3v) is 5.49. The summed E-state index contributed by atoms with van der Waals surface area (Å²) in [5.41, 5.74) is 5.79. The molecule has 20 heavy (non-hydrogen) atoms. The summed E-state index contributed by atoms with van der Waals surface area (Å²) in [6.07, 6.45) is 0.871. The number of aliphatic hydroxyl groups excluding tert-OH is 1. The Morgan fingerprint density at radius 2 is 1.90 bits per heavy atom. The zero-order chi connectivity index (χ0) is 15.2. The van der Waals surface area contributed by atoms with Gasteiger partial charge < -0.3 is 10.8 Å². The summed E-state index contributed by atoms with van der Waals surface area (Å²) in [5, 5.41) is 9.66. The smallest absolute Gasteiger partial charge is 0.150 e. The van der Waals surface area contributed by atoms with E-state index in [1.54, 1.807) is 19.1 Å². The standard InChI is InChI=1S/C14H22FNO3S/c1-2-20(18,19)9-3-8-14(10-16,11-17)12-4-6-13(15)7-5-12/h4-7,17H,2-3,8-11,16H2,1H3. The molecule has 1 atom stereocenters. The lowest BCUT2D eigenvalue weighted by molar-refractivity contribution is 0.187. The van der Waals surface area contributed by atoms with Crippen LogP contribution in [0.5, 0.6) is 0 Å². The van der Waals surface area contributed by atoms with Gasteiger partial charge in [0.25, 0.3) is 0 Å². The van der Waals surface area contributed by atoms with Gasteiger partial charge in [0.1, 0.15) is 15.7 Å². The molecule has 114 valence electrons. The van der Waals surface area contributed by atoms with Crippen LogP contribution in [0.25, 0.3) is 0 Å². The summed E-state index contributed by atoms with van der Waals surface area (Å²) in [6.45, 7) is 1.60. The van der Waals surface area contributed by atoms with E-state index in [4.69, 9.17) is 5.73 Å². The van der Waals surface area contributed by atoms with Gasteiger partial charge in [-0.05, 0) is 30.5 Å². The second kappa shape index (κ2) is 7.15.